The standard InChI is InChI=1S/C24H31F2N/c25-15-3-1-2-4-18-5-7-19(8-6-18)20-9-11-21(12-10-20)22-13-14-23(17-27)24(26)16-22/h2,4,13-14,16,18-21H,1,3,5-12,15H2/b4-2+. The first kappa shape index (κ1) is 20.1. The molecule has 3 heteroatoms. The molecule has 0 N–H and O–H groups in total. The minimum Gasteiger partial charge on any atom is -0.251 e. The smallest absolute Gasteiger partial charge is 0.141 e. The number of hydrogen-bond donors (Lipinski definition) is 0. The largest absolute Gasteiger partial charge is 0.251 e. The van der Waals surface area contributed by atoms with Crippen LogP contribution in [0.2, 0.25) is 0 Å². The van der Waals surface area contributed by atoms with E-state index >= 15 is 0 Å². The minimum atomic E-state index is -0.380. The topological polar surface area (TPSA) is 23.8 Å². The van der Waals surface area contributed by atoms with E-state index in [-0.39, 0.29) is 18.1 Å². The van der Waals surface area contributed by atoms with E-state index in [4.69, 9.17) is 5.26 Å². The molecular formula is C24H31F2N. The van der Waals surface area contributed by atoms with Gasteiger partial charge in [-0.05, 0) is 106 Å². The summed E-state index contributed by atoms with van der Waals surface area (Å²) in [5.41, 5.74) is 1.20. The summed E-state index contributed by atoms with van der Waals surface area (Å²) in [4.78, 5) is 0. The molecular weight excluding hydrogens is 340 g/mol. The number of rotatable bonds is 6. The molecule has 1 nitrogen and oxygen atoms in total. The van der Waals surface area contributed by atoms with Crippen molar-refractivity contribution >= 4 is 0 Å². The van der Waals surface area contributed by atoms with Gasteiger partial charge < -0.3 is 0 Å². The molecule has 0 amide bonds. The van der Waals surface area contributed by atoms with Gasteiger partial charge in [0.05, 0.1) is 12.2 Å². The highest BCUT2D eigenvalue weighted by Crippen LogP contribution is 2.44. The third kappa shape index (κ3) is 5.41. The molecule has 0 aliphatic heterocycles. The molecule has 0 bridgehead atoms. The maximum absolute atomic E-state index is 13.9. The monoisotopic (exact) mass is 371 g/mol. The Morgan fingerprint density at radius 2 is 1.67 bits per heavy atom. The quantitative estimate of drug-likeness (QED) is 0.387. The lowest BCUT2D eigenvalue weighted by Crippen LogP contribution is -2.25. The van der Waals surface area contributed by atoms with E-state index in [2.05, 4.69) is 12.2 Å². The van der Waals surface area contributed by atoms with Crippen LogP contribution in [0.1, 0.15) is 81.3 Å². The predicted molar refractivity (Wildman–Crippen MR) is 106 cm³/mol. The normalized spacial score (nSPS) is 28.9. The Hall–Kier alpha value is -1.69. The zero-order valence-corrected chi connectivity index (χ0v) is 16.2. The number of benzene rings is 1. The molecule has 2 saturated carbocycles. The van der Waals surface area contributed by atoms with Crippen molar-refractivity contribution in [3.8, 4) is 6.07 Å². The van der Waals surface area contributed by atoms with Gasteiger partial charge in [0.1, 0.15) is 11.9 Å². The molecule has 2 aliphatic rings. The molecule has 0 radical (unpaired) electrons. The van der Waals surface area contributed by atoms with E-state index in [0.29, 0.717) is 18.3 Å². The van der Waals surface area contributed by atoms with Crippen molar-refractivity contribution < 1.29 is 8.78 Å². The van der Waals surface area contributed by atoms with Gasteiger partial charge in [-0.2, -0.15) is 5.26 Å². The highest BCUT2D eigenvalue weighted by Gasteiger charge is 2.30. The molecule has 146 valence electrons. The van der Waals surface area contributed by atoms with Crippen LogP contribution in [0.3, 0.4) is 0 Å². The lowest BCUT2D eigenvalue weighted by molar-refractivity contribution is 0.171. The zero-order chi connectivity index (χ0) is 19.1. The number of allylic oxidation sites excluding steroid dienone is 2. The van der Waals surface area contributed by atoms with Crippen LogP contribution in [-0.2, 0) is 0 Å². The Bertz CT molecular complexity index is 659. The summed E-state index contributed by atoms with van der Waals surface area (Å²) in [5.74, 6) is 2.42. The Labute approximate surface area is 162 Å². The van der Waals surface area contributed by atoms with Crippen LogP contribution < -0.4 is 0 Å². The number of nitriles is 1. The first-order valence-electron chi connectivity index (χ1n) is 10.6. The maximum atomic E-state index is 13.9. The Morgan fingerprint density at radius 3 is 2.26 bits per heavy atom. The van der Waals surface area contributed by atoms with Crippen molar-refractivity contribution in [3.63, 3.8) is 0 Å². The Morgan fingerprint density at radius 1 is 1.00 bits per heavy atom. The van der Waals surface area contributed by atoms with Gasteiger partial charge in [0.15, 0.2) is 0 Å². The van der Waals surface area contributed by atoms with Crippen molar-refractivity contribution in [1.29, 1.82) is 5.26 Å². The number of hydrogen-bond acceptors (Lipinski definition) is 1. The zero-order valence-electron chi connectivity index (χ0n) is 16.2. The van der Waals surface area contributed by atoms with Crippen LogP contribution in [0.15, 0.2) is 30.4 Å². The van der Waals surface area contributed by atoms with E-state index in [1.807, 2.05) is 12.1 Å². The predicted octanol–water partition coefficient (Wildman–Crippen LogP) is 7.08. The van der Waals surface area contributed by atoms with Gasteiger partial charge in [-0.1, -0.05) is 18.2 Å². The van der Waals surface area contributed by atoms with Gasteiger partial charge in [0.25, 0.3) is 0 Å². The van der Waals surface area contributed by atoms with Crippen LogP contribution in [0.25, 0.3) is 0 Å². The van der Waals surface area contributed by atoms with Crippen molar-refractivity contribution in [2.75, 3.05) is 6.67 Å². The summed E-state index contributed by atoms with van der Waals surface area (Å²) in [6, 6.07) is 7.04. The lowest BCUT2D eigenvalue weighted by Gasteiger charge is -2.37. The number of unbranched alkanes of at least 4 members (excludes halogenated alkanes) is 1. The van der Waals surface area contributed by atoms with Crippen LogP contribution in [-0.4, -0.2) is 6.67 Å². The van der Waals surface area contributed by atoms with Crippen molar-refractivity contribution in [2.24, 2.45) is 17.8 Å². The van der Waals surface area contributed by atoms with Gasteiger partial charge in [0.2, 0.25) is 0 Å². The number of alkyl halides is 1. The summed E-state index contributed by atoms with van der Waals surface area (Å²) in [7, 11) is 0. The number of nitrogens with zero attached hydrogens (tertiary/aromatic N) is 1. The van der Waals surface area contributed by atoms with Crippen LogP contribution in [0, 0.1) is 34.9 Å². The molecule has 1 aromatic carbocycles. The van der Waals surface area contributed by atoms with Gasteiger partial charge in [-0.15, -0.1) is 0 Å². The molecule has 0 heterocycles. The first-order chi connectivity index (χ1) is 13.2. The van der Waals surface area contributed by atoms with Crippen molar-refractivity contribution in [2.45, 2.75) is 70.1 Å². The van der Waals surface area contributed by atoms with E-state index in [0.717, 1.165) is 36.7 Å². The molecule has 0 unspecified atom stereocenters. The highest BCUT2D eigenvalue weighted by atomic mass is 19.1. The SMILES string of the molecule is N#Cc1ccc(C2CCC(C3CCC(/C=C/CCCF)CC3)CC2)cc1F. The van der Waals surface area contributed by atoms with Crippen molar-refractivity contribution in [3.05, 3.63) is 47.3 Å². The molecule has 0 saturated heterocycles. The van der Waals surface area contributed by atoms with Gasteiger partial charge in [0, 0.05) is 0 Å². The second-order valence-electron chi connectivity index (χ2n) is 8.40. The summed E-state index contributed by atoms with van der Waals surface area (Å²) < 4.78 is 26.0. The summed E-state index contributed by atoms with van der Waals surface area (Å²) >= 11 is 0. The van der Waals surface area contributed by atoms with Crippen molar-refractivity contribution in [1.82, 2.24) is 0 Å². The molecule has 27 heavy (non-hydrogen) atoms. The lowest BCUT2D eigenvalue weighted by atomic mass is 9.68. The minimum absolute atomic E-state index is 0.142. The van der Waals surface area contributed by atoms with Gasteiger partial charge in [-0.3, -0.25) is 4.39 Å². The fourth-order valence-corrected chi connectivity index (χ4v) is 5.09. The molecule has 0 atom stereocenters. The van der Waals surface area contributed by atoms with E-state index in [9.17, 15) is 8.78 Å². The van der Waals surface area contributed by atoms with E-state index < -0.39 is 0 Å². The second kappa shape index (κ2) is 10.0. The Balaban J connectivity index is 1.44. The second-order valence-corrected chi connectivity index (χ2v) is 8.40. The fraction of sp³-hybridized carbons (Fsp3) is 0.625. The van der Waals surface area contributed by atoms with Gasteiger partial charge >= 0.3 is 0 Å². The molecule has 1 aromatic rings. The fourth-order valence-electron chi connectivity index (χ4n) is 5.09. The summed E-state index contributed by atoms with van der Waals surface area (Å²) in [6.45, 7) is -0.213. The number of halogens is 2. The average molecular weight is 372 g/mol. The van der Waals surface area contributed by atoms with Crippen LogP contribution >= 0.6 is 0 Å². The van der Waals surface area contributed by atoms with E-state index in [1.165, 1.54) is 38.5 Å². The maximum Gasteiger partial charge on any atom is 0.141 e. The average Bonchev–Trinajstić information content (AvgIpc) is 2.72. The van der Waals surface area contributed by atoms with Crippen LogP contribution in [0.5, 0.6) is 0 Å². The molecule has 0 spiro atoms. The summed E-state index contributed by atoms with van der Waals surface area (Å²) in [5, 5.41) is 8.88. The highest BCUT2D eigenvalue weighted by molar-refractivity contribution is 5.34. The molecule has 2 fully saturated rings. The van der Waals surface area contributed by atoms with Gasteiger partial charge in [-0.25, -0.2) is 4.39 Å². The third-order valence-corrected chi connectivity index (χ3v) is 6.75. The molecule has 2 aliphatic carbocycles. The summed E-state index contributed by atoms with van der Waals surface area (Å²) in [6.07, 6.45) is 16.0. The van der Waals surface area contributed by atoms with E-state index in [1.54, 1.807) is 12.1 Å². The molecule has 0 aromatic heterocycles. The third-order valence-electron chi connectivity index (χ3n) is 6.75. The molecule has 3 rings (SSSR count). The Kier molecular flexibility index (Phi) is 7.44. The first-order valence-corrected chi connectivity index (χ1v) is 10.6. The van der Waals surface area contributed by atoms with Crippen LogP contribution in [0.4, 0.5) is 8.78 Å².